The van der Waals surface area contributed by atoms with E-state index in [0.717, 1.165) is 64.7 Å². The topological polar surface area (TPSA) is 118 Å². The van der Waals surface area contributed by atoms with Gasteiger partial charge >= 0.3 is 12.1 Å². The summed E-state index contributed by atoms with van der Waals surface area (Å²) < 4.78 is 4.01. The van der Waals surface area contributed by atoms with Crippen molar-refractivity contribution in [1.82, 2.24) is 40.4 Å². The van der Waals surface area contributed by atoms with Gasteiger partial charge in [-0.3, -0.25) is 0 Å². The Morgan fingerprint density at radius 1 is 0.529 bits per heavy atom. The smallest absolute Gasteiger partial charge is 0.314 e. The average Bonchev–Trinajstić information content (AvgIpc) is 3.55. The van der Waals surface area contributed by atoms with Crippen molar-refractivity contribution in [2.24, 2.45) is 0 Å². The maximum atomic E-state index is 11.7. The van der Waals surface area contributed by atoms with Gasteiger partial charge in [0.1, 0.15) is 0 Å². The highest BCUT2D eigenvalue weighted by atomic mass is 16.2. The number of rotatable bonds is 19. The third kappa shape index (κ3) is 14.2. The van der Waals surface area contributed by atoms with Crippen molar-refractivity contribution in [3.8, 4) is 0 Å². The SMILES string of the molecule is O=C(NCCCCCCCCCCNC(=O)NCCCn1ccnc1)NCCCn1ccnc1. The van der Waals surface area contributed by atoms with Crippen LogP contribution in [0.1, 0.15) is 64.2 Å². The largest absolute Gasteiger partial charge is 0.338 e. The van der Waals surface area contributed by atoms with Crippen molar-refractivity contribution in [1.29, 1.82) is 0 Å². The molecule has 34 heavy (non-hydrogen) atoms. The molecule has 2 heterocycles. The van der Waals surface area contributed by atoms with Crippen LogP contribution in [0.5, 0.6) is 0 Å². The minimum atomic E-state index is -0.0811. The van der Waals surface area contributed by atoms with Crippen LogP contribution in [0.25, 0.3) is 0 Å². The number of carbonyl (C=O) groups excluding carboxylic acids is 2. The summed E-state index contributed by atoms with van der Waals surface area (Å²) in [4.78, 5) is 31.5. The highest BCUT2D eigenvalue weighted by molar-refractivity contribution is 5.74. The Kier molecular flexibility index (Phi) is 14.7. The molecular formula is C24H42N8O2. The van der Waals surface area contributed by atoms with Crippen molar-refractivity contribution < 1.29 is 9.59 Å². The van der Waals surface area contributed by atoms with E-state index in [-0.39, 0.29) is 12.1 Å². The minimum Gasteiger partial charge on any atom is -0.338 e. The van der Waals surface area contributed by atoms with Crippen molar-refractivity contribution in [2.45, 2.75) is 77.3 Å². The standard InChI is InChI=1S/C24H42N8O2/c33-23(29-13-9-17-31-19-15-25-21-31)27-11-7-5-3-1-2-4-6-8-12-28-24(34)30-14-10-18-32-20-16-26-22-32/h15-16,19-22H,1-14,17-18H2,(H2,27,29,33)(H2,28,30,34). The molecule has 0 aromatic carbocycles. The van der Waals surface area contributed by atoms with Gasteiger partial charge in [0.05, 0.1) is 12.7 Å². The molecular weight excluding hydrogens is 432 g/mol. The number of urea groups is 2. The van der Waals surface area contributed by atoms with Crippen molar-refractivity contribution in [2.75, 3.05) is 26.2 Å². The highest BCUT2D eigenvalue weighted by Gasteiger charge is 2.00. The highest BCUT2D eigenvalue weighted by Crippen LogP contribution is 2.08. The molecule has 10 heteroatoms. The first kappa shape index (κ1) is 27.2. The predicted octanol–water partition coefficient (Wildman–Crippen LogP) is 3.28. The van der Waals surface area contributed by atoms with Gasteiger partial charge in [0.15, 0.2) is 0 Å². The molecule has 0 unspecified atom stereocenters. The summed E-state index contributed by atoms with van der Waals surface area (Å²) in [5, 5.41) is 11.6. The molecule has 10 nitrogen and oxygen atoms in total. The second-order valence-electron chi connectivity index (χ2n) is 8.50. The fraction of sp³-hybridized carbons (Fsp3) is 0.667. The van der Waals surface area contributed by atoms with Gasteiger partial charge in [-0.1, -0.05) is 38.5 Å². The molecule has 0 radical (unpaired) electrons. The first-order valence-corrected chi connectivity index (χ1v) is 12.7. The third-order valence-corrected chi connectivity index (χ3v) is 5.55. The Bertz CT molecular complexity index is 685. The lowest BCUT2D eigenvalue weighted by molar-refractivity contribution is 0.239. The van der Waals surface area contributed by atoms with Crippen LogP contribution in [0.3, 0.4) is 0 Å². The monoisotopic (exact) mass is 474 g/mol. The van der Waals surface area contributed by atoms with E-state index in [9.17, 15) is 9.59 Å². The van der Waals surface area contributed by atoms with Gasteiger partial charge in [0.2, 0.25) is 0 Å². The van der Waals surface area contributed by atoms with E-state index in [0.29, 0.717) is 13.1 Å². The third-order valence-electron chi connectivity index (χ3n) is 5.55. The van der Waals surface area contributed by atoms with E-state index in [2.05, 4.69) is 31.2 Å². The quantitative estimate of drug-likeness (QED) is 0.234. The number of hydrogen-bond donors (Lipinski definition) is 4. The van der Waals surface area contributed by atoms with E-state index in [1.54, 1.807) is 25.0 Å². The molecule has 190 valence electrons. The molecule has 0 atom stereocenters. The zero-order chi connectivity index (χ0) is 24.1. The molecule has 0 saturated carbocycles. The summed E-state index contributed by atoms with van der Waals surface area (Å²) in [6, 6.07) is -0.162. The van der Waals surface area contributed by atoms with Crippen molar-refractivity contribution in [3.63, 3.8) is 0 Å². The zero-order valence-electron chi connectivity index (χ0n) is 20.4. The molecule has 0 fully saturated rings. The summed E-state index contributed by atoms with van der Waals surface area (Å²) in [7, 11) is 0. The Balaban J connectivity index is 1.25. The maximum Gasteiger partial charge on any atom is 0.314 e. The lowest BCUT2D eigenvalue weighted by Crippen LogP contribution is -2.36. The van der Waals surface area contributed by atoms with Crippen LogP contribution in [0.4, 0.5) is 9.59 Å². The molecule has 2 rings (SSSR count). The lowest BCUT2D eigenvalue weighted by atomic mass is 10.1. The Hall–Kier alpha value is -3.04. The number of imidazole rings is 2. The van der Waals surface area contributed by atoms with Crippen molar-refractivity contribution in [3.05, 3.63) is 37.4 Å². The van der Waals surface area contributed by atoms with Gasteiger partial charge in [-0.25, -0.2) is 19.6 Å². The summed E-state index contributed by atoms with van der Waals surface area (Å²) >= 11 is 0. The Morgan fingerprint density at radius 2 is 0.882 bits per heavy atom. The van der Waals surface area contributed by atoms with Crippen molar-refractivity contribution >= 4 is 12.1 Å². The molecule has 0 bridgehead atoms. The molecule has 0 saturated heterocycles. The van der Waals surface area contributed by atoms with Gasteiger partial charge in [-0.2, -0.15) is 0 Å². The second-order valence-corrected chi connectivity index (χ2v) is 8.50. The number of aromatic nitrogens is 4. The Morgan fingerprint density at radius 3 is 1.24 bits per heavy atom. The lowest BCUT2D eigenvalue weighted by Gasteiger charge is -2.08. The van der Waals surface area contributed by atoms with Crippen LogP contribution < -0.4 is 21.3 Å². The molecule has 0 aliphatic carbocycles. The van der Waals surface area contributed by atoms with Crippen LogP contribution in [0, 0.1) is 0 Å². The first-order valence-electron chi connectivity index (χ1n) is 12.7. The fourth-order valence-electron chi connectivity index (χ4n) is 3.60. The first-order chi connectivity index (χ1) is 16.7. The van der Waals surface area contributed by atoms with E-state index in [4.69, 9.17) is 0 Å². The van der Waals surface area contributed by atoms with Gasteiger partial charge in [0.25, 0.3) is 0 Å². The van der Waals surface area contributed by atoms with Gasteiger partial charge in [0, 0.05) is 64.1 Å². The van der Waals surface area contributed by atoms with Crippen LogP contribution >= 0.6 is 0 Å². The number of aryl methyl sites for hydroxylation is 2. The summed E-state index contributed by atoms with van der Waals surface area (Å²) in [5.74, 6) is 0. The molecule has 0 spiro atoms. The number of carbonyl (C=O) groups is 2. The summed E-state index contributed by atoms with van der Waals surface area (Å²) in [6.07, 6.45) is 21.9. The zero-order valence-corrected chi connectivity index (χ0v) is 20.4. The van der Waals surface area contributed by atoms with Crippen LogP contribution in [0.15, 0.2) is 37.4 Å². The van der Waals surface area contributed by atoms with Gasteiger partial charge < -0.3 is 30.4 Å². The maximum absolute atomic E-state index is 11.7. The molecule has 2 aromatic rings. The van der Waals surface area contributed by atoms with Crippen LogP contribution in [0.2, 0.25) is 0 Å². The molecule has 4 amide bonds. The molecule has 4 N–H and O–H groups in total. The molecule has 0 aliphatic heterocycles. The Labute approximate surface area is 203 Å². The predicted molar refractivity (Wildman–Crippen MR) is 133 cm³/mol. The summed E-state index contributed by atoms with van der Waals surface area (Å²) in [5.41, 5.74) is 0. The number of nitrogens with one attached hydrogen (secondary N) is 4. The van der Waals surface area contributed by atoms with Crippen LogP contribution in [-0.2, 0) is 13.1 Å². The minimum absolute atomic E-state index is 0.0811. The summed E-state index contributed by atoms with van der Waals surface area (Å²) in [6.45, 7) is 4.50. The molecule has 0 aliphatic rings. The number of unbranched alkanes of at least 4 members (excludes halogenated alkanes) is 7. The fourth-order valence-corrected chi connectivity index (χ4v) is 3.60. The van der Waals surface area contributed by atoms with E-state index >= 15 is 0 Å². The average molecular weight is 475 g/mol. The second kappa shape index (κ2) is 18.4. The van der Waals surface area contributed by atoms with Crippen LogP contribution in [-0.4, -0.2) is 57.3 Å². The van der Waals surface area contributed by atoms with E-state index < -0.39 is 0 Å². The van der Waals surface area contributed by atoms with E-state index in [1.165, 1.54) is 25.7 Å². The number of hydrogen-bond acceptors (Lipinski definition) is 4. The number of amides is 4. The number of nitrogens with zero attached hydrogens (tertiary/aromatic N) is 4. The van der Waals surface area contributed by atoms with Gasteiger partial charge in [-0.05, 0) is 25.7 Å². The molecule has 2 aromatic heterocycles. The van der Waals surface area contributed by atoms with E-state index in [1.807, 2.05) is 21.5 Å². The normalized spacial score (nSPS) is 10.7. The van der Waals surface area contributed by atoms with Gasteiger partial charge in [-0.15, -0.1) is 0 Å².